The highest BCUT2D eigenvalue weighted by atomic mass is 19.1. The Hall–Kier alpha value is -2.40. The van der Waals surface area contributed by atoms with Gasteiger partial charge in [-0.2, -0.15) is 0 Å². The first-order valence-corrected chi connectivity index (χ1v) is 8.68. The van der Waals surface area contributed by atoms with Crippen LogP contribution in [0.5, 0.6) is 0 Å². The number of anilines is 1. The number of rotatable bonds is 6. The lowest BCUT2D eigenvalue weighted by Crippen LogP contribution is -2.27. The zero-order valence-electron chi connectivity index (χ0n) is 14.0. The number of halogens is 1. The van der Waals surface area contributed by atoms with Crippen molar-refractivity contribution >= 4 is 11.6 Å². The van der Waals surface area contributed by atoms with Crippen LogP contribution in [-0.4, -0.2) is 30.2 Å². The van der Waals surface area contributed by atoms with Crippen LogP contribution in [0, 0.1) is 5.82 Å². The minimum Gasteiger partial charge on any atom is -0.395 e. The van der Waals surface area contributed by atoms with Crippen LogP contribution in [0.4, 0.5) is 10.1 Å². The smallest absolute Gasteiger partial charge is 0.251 e. The third-order valence-electron chi connectivity index (χ3n) is 4.69. The van der Waals surface area contributed by atoms with Gasteiger partial charge in [0.05, 0.1) is 6.61 Å². The molecule has 4 nitrogen and oxygen atoms in total. The molecule has 3 rings (SSSR count). The maximum atomic E-state index is 13.2. The number of nitrogens with one attached hydrogen (secondary N) is 2. The summed E-state index contributed by atoms with van der Waals surface area (Å²) in [6, 6.07) is 14.4. The van der Waals surface area contributed by atoms with Crippen LogP contribution in [0.15, 0.2) is 48.5 Å². The van der Waals surface area contributed by atoms with E-state index in [4.69, 9.17) is 5.11 Å². The fourth-order valence-corrected chi connectivity index (χ4v) is 3.48. The lowest BCUT2D eigenvalue weighted by Gasteiger charge is -2.23. The van der Waals surface area contributed by atoms with Crippen molar-refractivity contribution in [2.75, 3.05) is 18.5 Å². The minimum absolute atomic E-state index is 0.0783. The van der Waals surface area contributed by atoms with Crippen molar-refractivity contribution < 1.29 is 14.3 Å². The first-order chi connectivity index (χ1) is 12.2. The fourth-order valence-electron chi connectivity index (χ4n) is 3.48. The second kappa shape index (κ2) is 8.12. The van der Waals surface area contributed by atoms with Gasteiger partial charge in [0.15, 0.2) is 0 Å². The SMILES string of the molecule is O=C(NCCO)c1cccc(NC2CCCC2c2ccc(F)cc2)c1. The molecule has 25 heavy (non-hydrogen) atoms. The van der Waals surface area contributed by atoms with Gasteiger partial charge in [-0.25, -0.2) is 4.39 Å². The topological polar surface area (TPSA) is 61.4 Å². The number of benzene rings is 2. The van der Waals surface area contributed by atoms with Gasteiger partial charge in [0, 0.05) is 29.8 Å². The van der Waals surface area contributed by atoms with E-state index in [-0.39, 0.29) is 30.9 Å². The number of hydrogen-bond donors (Lipinski definition) is 3. The van der Waals surface area contributed by atoms with Crippen LogP contribution in [0.3, 0.4) is 0 Å². The van der Waals surface area contributed by atoms with Gasteiger partial charge in [0.25, 0.3) is 5.91 Å². The van der Waals surface area contributed by atoms with Crippen molar-refractivity contribution in [1.29, 1.82) is 0 Å². The molecular weight excluding hydrogens is 319 g/mol. The lowest BCUT2D eigenvalue weighted by molar-refractivity contribution is 0.0945. The normalized spacial score (nSPS) is 19.6. The van der Waals surface area contributed by atoms with E-state index in [9.17, 15) is 9.18 Å². The Morgan fingerprint density at radius 1 is 1.16 bits per heavy atom. The number of amides is 1. The number of carbonyl (C=O) groups is 1. The zero-order chi connectivity index (χ0) is 17.6. The highest BCUT2D eigenvalue weighted by molar-refractivity contribution is 5.95. The summed E-state index contributed by atoms with van der Waals surface area (Å²) in [5.41, 5.74) is 2.61. The average molecular weight is 342 g/mol. The molecule has 1 aliphatic carbocycles. The van der Waals surface area contributed by atoms with Gasteiger partial charge in [-0.3, -0.25) is 4.79 Å². The van der Waals surface area contributed by atoms with E-state index in [1.165, 1.54) is 12.1 Å². The minimum atomic E-state index is -0.215. The van der Waals surface area contributed by atoms with Crippen LogP contribution in [0.1, 0.15) is 41.1 Å². The van der Waals surface area contributed by atoms with Gasteiger partial charge >= 0.3 is 0 Å². The van der Waals surface area contributed by atoms with E-state index < -0.39 is 0 Å². The van der Waals surface area contributed by atoms with Crippen molar-refractivity contribution in [3.8, 4) is 0 Å². The van der Waals surface area contributed by atoms with E-state index in [0.29, 0.717) is 11.5 Å². The first-order valence-electron chi connectivity index (χ1n) is 8.68. The molecular formula is C20H23FN2O2. The predicted molar refractivity (Wildman–Crippen MR) is 96.3 cm³/mol. The highest BCUT2D eigenvalue weighted by Crippen LogP contribution is 2.36. The Balaban J connectivity index is 1.70. The molecule has 0 radical (unpaired) electrons. The van der Waals surface area contributed by atoms with Crippen molar-refractivity contribution in [2.24, 2.45) is 0 Å². The molecule has 2 atom stereocenters. The average Bonchev–Trinajstić information content (AvgIpc) is 3.08. The number of aliphatic hydroxyl groups is 1. The monoisotopic (exact) mass is 342 g/mol. The van der Waals surface area contributed by atoms with Crippen LogP contribution in [0.2, 0.25) is 0 Å². The Kier molecular flexibility index (Phi) is 5.66. The largest absolute Gasteiger partial charge is 0.395 e. The molecule has 1 amide bonds. The van der Waals surface area contributed by atoms with E-state index >= 15 is 0 Å². The van der Waals surface area contributed by atoms with E-state index in [1.807, 2.05) is 30.3 Å². The maximum Gasteiger partial charge on any atom is 0.251 e. The van der Waals surface area contributed by atoms with Gasteiger partial charge in [0.2, 0.25) is 0 Å². The molecule has 0 bridgehead atoms. The summed E-state index contributed by atoms with van der Waals surface area (Å²) in [5, 5.41) is 15.0. The molecule has 0 heterocycles. The van der Waals surface area contributed by atoms with E-state index in [0.717, 1.165) is 30.5 Å². The van der Waals surface area contributed by atoms with E-state index in [2.05, 4.69) is 10.6 Å². The molecule has 2 aromatic carbocycles. The predicted octanol–water partition coefficient (Wildman–Crippen LogP) is 3.30. The summed E-state index contributed by atoms with van der Waals surface area (Å²) < 4.78 is 13.2. The summed E-state index contributed by atoms with van der Waals surface area (Å²) in [7, 11) is 0. The third kappa shape index (κ3) is 4.37. The summed E-state index contributed by atoms with van der Waals surface area (Å²) in [6.45, 7) is 0.164. The summed E-state index contributed by atoms with van der Waals surface area (Å²) in [6.07, 6.45) is 3.24. The quantitative estimate of drug-likeness (QED) is 0.755. The van der Waals surface area contributed by atoms with Crippen LogP contribution in [-0.2, 0) is 0 Å². The van der Waals surface area contributed by atoms with Crippen molar-refractivity contribution in [3.63, 3.8) is 0 Å². The molecule has 2 aromatic rings. The number of aliphatic hydroxyl groups excluding tert-OH is 1. The van der Waals surface area contributed by atoms with E-state index in [1.54, 1.807) is 6.07 Å². The Morgan fingerprint density at radius 2 is 1.96 bits per heavy atom. The summed E-state index contributed by atoms with van der Waals surface area (Å²) in [5.74, 6) is -0.0699. The standard InChI is InChI=1S/C20H23FN2O2/c21-16-9-7-14(8-10-16)18-5-2-6-19(18)23-17-4-1-3-15(13-17)20(25)22-11-12-24/h1,3-4,7-10,13,18-19,23-24H,2,5-6,11-12H2,(H,22,25). The number of carbonyl (C=O) groups excluding carboxylic acids is 1. The van der Waals surface area contributed by atoms with Crippen LogP contribution in [0.25, 0.3) is 0 Å². The summed E-state index contributed by atoms with van der Waals surface area (Å²) in [4.78, 5) is 12.0. The van der Waals surface area contributed by atoms with Gasteiger partial charge in [-0.15, -0.1) is 0 Å². The maximum absolute atomic E-state index is 13.2. The van der Waals surface area contributed by atoms with Crippen LogP contribution >= 0.6 is 0 Å². The third-order valence-corrected chi connectivity index (χ3v) is 4.69. The van der Waals surface area contributed by atoms with Crippen molar-refractivity contribution in [1.82, 2.24) is 5.32 Å². The Bertz CT molecular complexity index is 718. The molecule has 0 aliphatic heterocycles. The highest BCUT2D eigenvalue weighted by Gasteiger charge is 2.28. The molecule has 1 aliphatic rings. The second-order valence-electron chi connectivity index (χ2n) is 6.40. The Labute approximate surface area is 147 Å². The van der Waals surface area contributed by atoms with Crippen molar-refractivity contribution in [2.45, 2.75) is 31.2 Å². The Morgan fingerprint density at radius 3 is 2.72 bits per heavy atom. The van der Waals surface area contributed by atoms with Crippen LogP contribution < -0.4 is 10.6 Å². The molecule has 0 aromatic heterocycles. The van der Waals surface area contributed by atoms with Crippen molar-refractivity contribution in [3.05, 3.63) is 65.5 Å². The molecule has 2 unspecified atom stereocenters. The molecule has 0 spiro atoms. The first kappa shape index (κ1) is 17.4. The van der Waals surface area contributed by atoms with Gasteiger partial charge < -0.3 is 15.7 Å². The van der Waals surface area contributed by atoms with Gasteiger partial charge in [-0.05, 0) is 48.7 Å². The molecule has 5 heteroatoms. The molecule has 1 fully saturated rings. The molecule has 0 saturated heterocycles. The number of hydrogen-bond acceptors (Lipinski definition) is 3. The molecule has 132 valence electrons. The lowest BCUT2D eigenvalue weighted by atomic mass is 9.94. The van der Waals surface area contributed by atoms with Gasteiger partial charge in [0.1, 0.15) is 5.82 Å². The molecule has 1 saturated carbocycles. The summed E-state index contributed by atoms with van der Waals surface area (Å²) >= 11 is 0. The fraction of sp³-hybridized carbons (Fsp3) is 0.350. The molecule has 3 N–H and O–H groups in total. The second-order valence-corrected chi connectivity index (χ2v) is 6.40. The zero-order valence-corrected chi connectivity index (χ0v) is 14.0. The van der Waals surface area contributed by atoms with Gasteiger partial charge in [-0.1, -0.05) is 24.6 Å².